The molecule has 0 radical (unpaired) electrons. The van der Waals surface area contributed by atoms with E-state index in [-0.39, 0.29) is 11.5 Å². The summed E-state index contributed by atoms with van der Waals surface area (Å²) in [7, 11) is 0. The van der Waals surface area contributed by atoms with Gasteiger partial charge in [-0.15, -0.1) is 0 Å². The zero-order valence-corrected chi connectivity index (χ0v) is 11.3. The minimum atomic E-state index is -1.01. The van der Waals surface area contributed by atoms with Gasteiger partial charge in [-0.2, -0.15) is 0 Å². The predicted molar refractivity (Wildman–Crippen MR) is 80.2 cm³/mol. The first-order valence-electron chi connectivity index (χ1n) is 6.50. The number of carboxylic acids is 1. The van der Waals surface area contributed by atoms with Gasteiger partial charge in [0.2, 0.25) is 5.91 Å². The van der Waals surface area contributed by atoms with Crippen molar-refractivity contribution in [3.05, 3.63) is 65.7 Å². The molecule has 0 bridgehead atoms. The SMILES string of the molecule is NC(Cc1ccccc1)C(=O)Nc1ccc(C(=O)O)cc1. The van der Waals surface area contributed by atoms with Crippen LogP contribution >= 0.6 is 0 Å². The molecule has 0 aliphatic carbocycles. The van der Waals surface area contributed by atoms with Gasteiger partial charge in [-0.1, -0.05) is 30.3 Å². The Labute approximate surface area is 122 Å². The number of carbonyl (C=O) groups excluding carboxylic acids is 1. The van der Waals surface area contributed by atoms with E-state index >= 15 is 0 Å². The van der Waals surface area contributed by atoms with Crippen LogP contribution in [0.15, 0.2) is 54.6 Å². The van der Waals surface area contributed by atoms with Crippen LogP contribution in [0.4, 0.5) is 5.69 Å². The highest BCUT2D eigenvalue weighted by Gasteiger charge is 2.14. The molecule has 2 aromatic rings. The lowest BCUT2D eigenvalue weighted by atomic mass is 10.1. The normalized spacial score (nSPS) is 11.7. The number of hydrogen-bond acceptors (Lipinski definition) is 3. The van der Waals surface area contributed by atoms with Crippen LogP contribution in [-0.2, 0) is 11.2 Å². The lowest BCUT2D eigenvalue weighted by molar-refractivity contribution is -0.117. The van der Waals surface area contributed by atoms with Crippen molar-refractivity contribution in [2.24, 2.45) is 5.73 Å². The number of rotatable bonds is 5. The summed E-state index contributed by atoms with van der Waals surface area (Å²) in [6, 6.07) is 14.8. The first-order valence-corrected chi connectivity index (χ1v) is 6.50. The van der Waals surface area contributed by atoms with Gasteiger partial charge in [0.25, 0.3) is 0 Å². The van der Waals surface area contributed by atoms with Gasteiger partial charge in [0.15, 0.2) is 0 Å². The van der Waals surface area contributed by atoms with E-state index in [9.17, 15) is 9.59 Å². The summed E-state index contributed by atoms with van der Waals surface area (Å²) in [5.41, 5.74) is 7.55. The molecule has 5 heteroatoms. The Hall–Kier alpha value is -2.66. The van der Waals surface area contributed by atoms with E-state index in [2.05, 4.69) is 5.32 Å². The van der Waals surface area contributed by atoms with Crippen molar-refractivity contribution in [3.63, 3.8) is 0 Å². The molecule has 5 nitrogen and oxygen atoms in total. The van der Waals surface area contributed by atoms with E-state index in [4.69, 9.17) is 10.8 Å². The number of amides is 1. The molecule has 2 aromatic carbocycles. The zero-order chi connectivity index (χ0) is 15.2. The number of hydrogen-bond donors (Lipinski definition) is 3. The van der Waals surface area contributed by atoms with Crippen LogP contribution in [0.1, 0.15) is 15.9 Å². The van der Waals surface area contributed by atoms with Gasteiger partial charge in [-0.05, 0) is 36.2 Å². The number of anilines is 1. The molecule has 108 valence electrons. The molecule has 0 spiro atoms. The van der Waals surface area contributed by atoms with Gasteiger partial charge in [0.05, 0.1) is 11.6 Å². The molecular formula is C16H16N2O3. The minimum absolute atomic E-state index is 0.168. The number of nitrogens with one attached hydrogen (secondary N) is 1. The topological polar surface area (TPSA) is 92.4 Å². The summed E-state index contributed by atoms with van der Waals surface area (Å²) in [4.78, 5) is 22.7. The van der Waals surface area contributed by atoms with Gasteiger partial charge in [0, 0.05) is 5.69 Å². The summed E-state index contributed by atoms with van der Waals surface area (Å²) in [6.45, 7) is 0. The Morgan fingerprint density at radius 3 is 2.24 bits per heavy atom. The second-order valence-corrected chi connectivity index (χ2v) is 4.67. The molecule has 0 aromatic heterocycles. The van der Waals surface area contributed by atoms with Gasteiger partial charge >= 0.3 is 5.97 Å². The van der Waals surface area contributed by atoms with Crippen LogP contribution in [0.2, 0.25) is 0 Å². The third-order valence-corrected chi connectivity index (χ3v) is 3.03. The van der Waals surface area contributed by atoms with Gasteiger partial charge in [-0.3, -0.25) is 4.79 Å². The summed E-state index contributed by atoms with van der Waals surface area (Å²) < 4.78 is 0. The minimum Gasteiger partial charge on any atom is -0.478 e. The number of nitrogens with two attached hydrogens (primary N) is 1. The highest BCUT2D eigenvalue weighted by Crippen LogP contribution is 2.10. The molecule has 0 saturated heterocycles. The quantitative estimate of drug-likeness (QED) is 0.781. The molecule has 1 amide bonds. The van der Waals surface area contributed by atoms with Crippen LogP contribution in [0.25, 0.3) is 0 Å². The van der Waals surface area contributed by atoms with E-state index in [0.29, 0.717) is 12.1 Å². The molecule has 2 rings (SSSR count). The fourth-order valence-corrected chi connectivity index (χ4v) is 1.89. The van der Waals surface area contributed by atoms with Crippen LogP contribution < -0.4 is 11.1 Å². The molecule has 0 fully saturated rings. The van der Waals surface area contributed by atoms with Crippen molar-refractivity contribution in [1.82, 2.24) is 0 Å². The van der Waals surface area contributed by atoms with E-state index in [0.717, 1.165) is 5.56 Å². The van der Waals surface area contributed by atoms with Crippen molar-refractivity contribution in [2.45, 2.75) is 12.5 Å². The van der Waals surface area contributed by atoms with Crippen molar-refractivity contribution in [1.29, 1.82) is 0 Å². The predicted octanol–water partition coefficient (Wildman–Crippen LogP) is 1.89. The van der Waals surface area contributed by atoms with E-state index in [1.807, 2.05) is 30.3 Å². The summed E-state index contributed by atoms with van der Waals surface area (Å²) in [5, 5.41) is 11.5. The Morgan fingerprint density at radius 2 is 1.67 bits per heavy atom. The Kier molecular flexibility index (Phi) is 4.68. The lowest BCUT2D eigenvalue weighted by Gasteiger charge is -2.12. The van der Waals surface area contributed by atoms with Crippen molar-refractivity contribution in [2.75, 3.05) is 5.32 Å². The van der Waals surface area contributed by atoms with Crippen molar-refractivity contribution in [3.8, 4) is 0 Å². The molecule has 1 unspecified atom stereocenters. The summed E-state index contributed by atoms with van der Waals surface area (Å²) >= 11 is 0. The fourth-order valence-electron chi connectivity index (χ4n) is 1.89. The zero-order valence-electron chi connectivity index (χ0n) is 11.3. The molecule has 0 aliphatic heterocycles. The second kappa shape index (κ2) is 6.67. The molecule has 0 saturated carbocycles. The molecule has 21 heavy (non-hydrogen) atoms. The van der Waals surface area contributed by atoms with Crippen LogP contribution in [0, 0.1) is 0 Å². The molecule has 0 heterocycles. The van der Waals surface area contributed by atoms with E-state index in [1.165, 1.54) is 24.3 Å². The van der Waals surface area contributed by atoms with Gasteiger partial charge in [0.1, 0.15) is 0 Å². The summed E-state index contributed by atoms with van der Waals surface area (Å²) in [5.74, 6) is -1.31. The van der Waals surface area contributed by atoms with Crippen LogP contribution in [0.3, 0.4) is 0 Å². The largest absolute Gasteiger partial charge is 0.478 e. The Morgan fingerprint density at radius 1 is 1.05 bits per heavy atom. The third-order valence-electron chi connectivity index (χ3n) is 3.03. The molecule has 1 atom stereocenters. The number of benzene rings is 2. The number of carbonyl (C=O) groups is 2. The van der Waals surface area contributed by atoms with Crippen molar-refractivity contribution < 1.29 is 14.7 Å². The number of carboxylic acid groups (broad SMARTS) is 1. The molecule has 4 N–H and O–H groups in total. The lowest BCUT2D eigenvalue weighted by Crippen LogP contribution is -2.37. The first kappa shape index (κ1) is 14.7. The highest BCUT2D eigenvalue weighted by molar-refractivity contribution is 5.95. The standard InChI is InChI=1S/C16H16N2O3/c17-14(10-11-4-2-1-3-5-11)15(19)18-13-8-6-12(7-9-13)16(20)21/h1-9,14H,10,17H2,(H,18,19)(H,20,21). The summed E-state index contributed by atoms with van der Waals surface area (Å²) in [6.07, 6.45) is 0.444. The third kappa shape index (κ3) is 4.15. The number of aromatic carboxylic acids is 1. The van der Waals surface area contributed by atoms with E-state index < -0.39 is 12.0 Å². The van der Waals surface area contributed by atoms with Crippen molar-refractivity contribution >= 4 is 17.6 Å². The maximum atomic E-state index is 12.0. The van der Waals surface area contributed by atoms with E-state index in [1.54, 1.807) is 0 Å². The Bertz CT molecular complexity index is 624. The molecular weight excluding hydrogens is 268 g/mol. The Balaban J connectivity index is 1.95. The van der Waals surface area contributed by atoms with Crippen LogP contribution in [-0.4, -0.2) is 23.0 Å². The second-order valence-electron chi connectivity index (χ2n) is 4.67. The van der Waals surface area contributed by atoms with Gasteiger partial charge < -0.3 is 16.2 Å². The average Bonchev–Trinajstić information content (AvgIpc) is 2.48. The first-order chi connectivity index (χ1) is 10.1. The maximum Gasteiger partial charge on any atom is 0.335 e. The highest BCUT2D eigenvalue weighted by atomic mass is 16.4. The molecule has 0 aliphatic rings. The smallest absolute Gasteiger partial charge is 0.335 e. The van der Waals surface area contributed by atoms with Crippen LogP contribution in [0.5, 0.6) is 0 Å². The average molecular weight is 284 g/mol. The maximum absolute atomic E-state index is 12.0. The fraction of sp³-hybridized carbons (Fsp3) is 0.125. The monoisotopic (exact) mass is 284 g/mol. The van der Waals surface area contributed by atoms with Gasteiger partial charge in [-0.25, -0.2) is 4.79 Å².